The van der Waals surface area contributed by atoms with Gasteiger partial charge in [0.1, 0.15) is 6.04 Å². The van der Waals surface area contributed by atoms with Crippen molar-refractivity contribution in [3.63, 3.8) is 0 Å². The maximum absolute atomic E-state index is 12.9. The molecular weight excluding hydrogens is 327 g/mol. The van der Waals surface area contributed by atoms with Crippen molar-refractivity contribution in [2.24, 2.45) is 0 Å². The Balaban J connectivity index is 3.13. The van der Waals surface area contributed by atoms with E-state index in [9.17, 15) is 18.0 Å². The van der Waals surface area contributed by atoms with Gasteiger partial charge in [0.25, 0.3) is 0 Å². The predicted octanol–water partition coefficient (Wildman–Crippen LogP) is 3.61. The van der Waals surface area contributed by atoms with Gasteiger partial charge in [-0.15, -0.1) is 6.58 Å². The summed E-state index contributed by atoms with van der Waals surface area (Å²) in [6.07, 6.45) is -3.36. The second kappa shape index (κ2) is 6.10. The van der Waals surface area contributed by atoms with E-state index < -0.39 is 23.8 Å². The summed E-state index contributed by atoms with van der Waals surface area (Å²) < 4.78 is 43.3. The average Bonchev–Trinajstić information content (AvgIpc) is 2.35. The van der Waals surface area contributed by atoms with Crippen molar-refractivity contribution in [3.05, 3.63) is 40.9 Å². The van der Waals surface area contributed by atoms with Crippen molar-refractivity contribution in [1.82, 2.24) is 0 Å². The average molecular weight is 338 g/mol. The topological polar surface area (TPSA) is 38.3 Å². The van der Waals surface area contributed by atoms with E-state index in [1.165, 1.54) is 18.2 Å². The number of hydrogen-bond donors (Lipinski definition) is 1. The molecule has 0 aromatic heterocycles. The lowest BCUT2D eigenvalue weighted by Crippen LogP contribution is -2.29. The molecule has 0 saturated heterocycles. The number of carbonyl (C=O) groups is 1. The monoisotopic (exact) mass is 337 g/mol. The number of anilines is 1. The second-order valence-electron chi connectivity index (χ2n) is 3.57. The van der Waals surface area contributed by atoms with Crippen LogP contribution in [0.25, 0.3) is 0 Å². The zero-order valence-corrected chi connectivity index (χ0v) is 11.5. The number of esters is 1. The fourth-order valence-corrected chi connectivity index (χ4v) is 1.75. The molecule has 1 atom stereocenters. The van der Waals surface area contributed by atoms with Crippen molar-refractivity contribution >= 4 is 27.6 Å². The molecule has 0 spiro atoms. The highest BCUT2D eigenvalue weighted by Gasteiger charge is 2.34. The quantitative estimate of drug-likeness (QED) is 0.673. The van der Waals surface area contributed by atoms with Crippen LogP contribution in [0.4, 0.5) is 18.9 Å². The Morgan fingerprint density at radius 2 is 2.16 bits per heavy atom. The van der Waals surface area contributed by atoms with E-state index in [1.807, 2.05) is 0 Å². The number of methoxy groups -OCH3 is 1. The van der Waals surface area contributed by atoms with Crippen LogP contribution in [0.2, 0.25) is 0 Å². The van der Waals surface area contributed by atoms with Gasteiger partial charge in [0.05, 0.1) is 12.7 Å². The predicted molar refractivity (Wildman–Crippen MR) is 68.8 cm³/mol. The molecule has 7 heteroatoms. The molecule has 0 radical (unpaired) electrons. The summed E-state index contributed by atoms with van der Waals surface area (Å²) in [7, 11) is 1.15. The molecule has 0 heterocycles. The molecule has 0 fully saturated rings. The fraction of sp³-hybridized carbons (Fsp3) is 0.250. The van der Waals surface area contributed by atoms with Crippen LogP contribution >= 0.6 is 15.9 Å². The molecule has 1 rings (SSSR count). The lowest BCUT2D eigenvalue weighted by Gasteiger charge is -2.18. The molecule has 3 nitrogen and oxygen atoms in total. The minimum absolute atomic E-state index is 0.217. The number of nitrogens with one attached hydrogen (secondary N) is 1. The Hall–Kier alpha value is -1.50. The van der Waals surface area contributed by atoms with Crippen LogP contribution in [0, 0.1) is 0 Å². The lowest BCUT2D eigenvalue weighted by atomic mass is 10.1. The van der Waals surface area contributed by atoms with Gasteiger partial charge in [0, 0.05) is 10.2 Å². The third kappa shape index (κ3) is 3.99. The maximum atomic E-state index is 12.9. The fourth-order valence-electron chi connectivity index (χ4n) is 1.39. The number of hydrogen-bond acceptors (Lipinski definition) is 3. The summed E-state index contributed by atoms with van der Waals surface area (Å²) in [6, 6.07) is 2.55. The van der Waals surface area contributed by atoms with E-state index in [1.54, 1.807) is 0 Å². The van der Waals surface area contributed by atoms with Gasteiger partial charge in [-0.25, -0.2) is 4.79 Å². The number of benzene rings is 1. The van der Waals surface area contributed by atoms with Crippen molar-refractivity contribution in [2.75, 3.05) is 12.4 Å². The van der Waals surface area contributed by atoms with Crippen LogP contribution < -0.4 is 5.32 Å². The Morgan fingerprint density at radius 1 is 1.53 bits per heavy atom. The first-order chi connectivity index (χ1) is 8.79. The minimum atomic E-state index is -4.53. The molecule has 1 aromatic carbocycles. The number of ether oxygens (including phenoxy) is 1. The van der Waals surface area contributed by atoms with Gasteiger partial charge in [0.15, 0.2) is 0 Å². The van der Waals surface area contributed by atoms with Gasteiger partial charge in [0.2, 0.25) is 0 Å². The van der Waals surface area contributed by atoms with E-state index in [2.05, 4.69) is 32.6 Å². The highest BCUT2D eigenvalue weighted by atomic mass is 79.9. The molecule has 1 N–H and O–H groups in total. The molecule has 1 unspecified atom stereocenters. The Kier molecular flexibility index (Phi) is 4.99. The van der Waals surface area contributed by atoms with E-state index >= 15 is 0 Å². The normalized spacial score (nSPS) is 12.7. The van der Waals surface area contributed by atoms with E-state index in [0.717, 1.165) is 13.2 Å². The van der Waals surface area contributed by atoms with Crippen LogP contribution in [-0.4, -0.2) is 19.1 Å². The van der Waals surface area contributed by atoms with Crippen LogP contribution in [-0.2, 0) is 15.7 Å². The Labute approximate surface area is 116 Å². The first-order valence-corrected chi connectivity index (χ1v) is 5.92. The molecule has 104 valence electrons. The molecule has 0 aliphatic carbocycles. The zero-order valence-electron chi connectivity index (χ0n) is 9.92. The van der Waals surface area contributed by atoms with Crippen molar-refractivity contribution in [2.45, 2.75) is 12.2 Å². The molecule has 1 aromatic rings. The second-order valence-corrected chi connectivity index (χ2v) is 4.48. The standard InChI is InChI=1S/C12H11BrF3NO2/c1-3-9(11(18)19-2)17-10-5-4-7(13)6-8(10)12(14,15)16/h3-6,9,17H,1H2,2H3. The molecule has 19 heavy (non-hydrogen) atoms. The molecule has 0 amide bonds. The van der Waals surface area contributed by atoms with Gasteiger partial charge in [-0.05, 0) is 18.2 Å². The Bertz CT molecular complexity index is 488. The number of alkyl halides is 3. The van der Waals surface area contributed by atoms with Gasteiger partial charge >= 0.3 is 12.1 Å². The summed E-state index contributed by atoms with van der Waals surface area (Å²) in [5.74, 6) is -0.717. The molecule has 0 aliphatic rings. The Morgan fingerprint density at radius 3 is 2.63 bits per heavy atom. The largest absolute Gasteiger partial charge is 0.467 e. The first-order valence-electron chi connectivity index (χ1n) is 5.13. The van der Waals surface area contributed by atoms with Crippen molar-refractivity contribution in [3.8, 4) is 0 Å². The number of carbonyl (C=O) groups excluding carboxylic acids is 1. The van der Waals surface area contributed by atoms with E-state index in [4.69, 9.17) is 0 Å². The van der Waals surface area contributed by atoms with Gasteiger partial charge in [-0.1, -0.05) is 22.0 Å². The summed E-state index contributed by atoms with van der Waals surface area (Å²) in [5, 5.41) is 2.45. The highest BCUT2D eigenvalue weighted by Crippen LogP contribution is 2.36. The minimum Gasteiger partial charge on any atom is -0.467 e. The third-order valence-corrected chi connectivity index (χ3v) is 2.78. The molecule has 0 aliphatic heterocycles. The molecule has 0 saturated carbocycles. The number of halogens is 4. The SMILES string of the molecule is C=CC(Nc1ccc(Br)cc1C(F)(F)F)C(=O)OC. The summed E-state index contributed by atoms with van der Waals surface area (Å²) in [4.78, 5) is 11.3. The third-order valence-electron chi connectivity index (χ3n) is 2.29. The summed E-state index contributed by atoms with van der Waals surface area (Å²) >= 11 is 2.98. The number of rotatable bonds is 4. The van der Waals surface area contributed by atoms with E-state index in [0.29, 0.717) is 4.47 Å². The van der Waals surface area contributed by atoms with Gasteiger partial charge in [-0.2, -0.15) is 13.2 Å². The van der Waals surface area contributed by atoms with E-state index in [-0.39, 0.29) is 5.69 Å². The van der Waals surface area contributed by atoms with Crippen LogP contribution in [0.5, 0.6) is 0 Å². The summed E-state index contributed by atoms with van der Waals surface area (Å²) in [6.45, 7) is 3.38. The van der Waals surface area contributed by atoms with Gasteiger partial charge < -0.3 is 10.1 Å². The maximum Gasteiger partial charge on any atom is 0.418 e. The van der Waals surface area contributed by atoms with Gasteiger partial charge in [-0.3, -0.25) is 0 Å². The van der Waals surface area contributed by atoms with Crippen molar-refractivity contribution < 1.29 is 22.7 Å². The van der Waals surface area contributed by atoms with Crippen LogP contribution in [0.1, 0.15) is 5.56 Å². The lowest BCUT2D eigenvalue weighted by molar-refractivity contribution is -0.141. The molecular formula is C12H11BrF3NO2. The van der Waals surface area contributed by atoms with Crippen molar-refractivity contribution in [1.29, 1.82) is 0 Å². The van der Waals surface area contributed by atoms with Crippen LogP contribution in [0.3, 0.4) is 0 Å². The smallest absolute Gasteiger partial charge is 0.418 e. The summed E-state index contributed by atoms with van der Waals surface area (Å²) in [5.41, 5.74) is -1.09. The highest BCUT2D eigenvalue weighted by molar-refractivity contribution is 9.10. The van der Waals surface area contributed by atoms with Crippen LogP contribution in [0.15, 0.2) is 35.3 Å². The first kappa shape index (κ1) is 15.6. The molecule has 0 bridgehead atoms. The zero-order chi connectivity index (χ0) is 14.6.